The van der Waals surface area contributed by atoms with Crippen LogP contribution in [0.25, 0.3) is 11.3 Å². The average molecular weight is 351 g/mol. The highest BCUT2D eigenvalue weighted by Gasteiger charge is 2.15. The molecule has 26 heavy (non-hydrogen) atoms. The summed E-state index contributed by atoms with van der Waals surface area (Å²) in [6.45, 7) is 1.85. The van der Waals surface area contributed by atoms with Gasteiger partial charge in [-0.25, -0.2) is 0 Å². The summed E-state index contributed by atoms with van der Waals surface area (Å²) < 4.78 is 1.73. The van der Waals surface area contributed by atoms with Crippen LogP contribution < -0.4 is 5.32 Å². The van der Waals surface area contributed by atoms with Crippen molar-refractivity contribution in [2.75, 3.05) is 0 Å². The van der Waals surface area contributed by atoms with Crippen molar-refractivity contribution in [3.8, 4) is 11.3 Å². The molecule has 1 N–H and O–H groups in total. The minimum Gasteiger partial charge on any atom is -0.346 e. The number of benzene rings is 1. The molecular weight excluding hydrogens is 334 g/mol. The van der Waals surface area contributed by atoms with E-state index >= 15 is 0 Å². The van der Waals surface area contributed by atoms with E-state index in [0.717, 1.165) is 11.3 Å². The Labute approximate surface area is 149 Å². The molecule has 0 bridgehead atoms. The van der Waals surface area contributed by atoms with Crippen LogP contribution in [0.4, 0.5) is 5.69 Å². The molecular formula is C18H17N5O3. The molecule has 0 saturated carbocycles. The third-order valence-electron chi connectivity index (χ3n) is 4.00. The molecule has 1 aromatic carbocycles. The van der Waals surface area contributed by atoms with Crippen LogP contribution in [0, 0.1) is 17.0 Å². The predicted octanol–water partition coefficient (Wildman–Crippen LogP) is 2.63. The quantitative estimate of drug-likeness (QED) is 0.562. The molecule has 2 aromatic heterocycles. The van der Waals surface area contributed by atoms with Crippen LogP contribution in [0.5, 0.6) is 0 Å². The molecule has 0 unspecified atom stereocenters. The van der Waals surface area contributed by atoms with Crippen LogP contribution in [0.15, 0.2) is 48.8 Å². The standard InChI is InChI=1S/C18H17N5O3/c1-12-3-4-14(9-16(12)23(25)26)18(24)20-11-15-10-17(22(2)21-15)13-5-7-19-8-6-13/h3-10H,11H2,1-2H3,(H,20,24). The zero-order valence-corrected chi connectivity index (χ0v) is 14.3. The second-order valence-corrected chi connectivity index (χ2v) is 5.82. The third-order valence-corrected chi connectivity index (χ3v) is 4.00. The maximum atomic E-state index is 12.3. The summed E-state index contributed by atoms with van der Waals surface area (Å²) in [6, 6.07) is 10.1. The molecule has 132 valence electrons. The molecule has 0 atom stereocenters. The summed E-state index contributed by atoms with van der Waals surface area (Å²) in [5.74, 6) is -0.385. The first-order valence-electron chi connectivity index (χ1n) is 7.92. The minimum absolute atomic E-state index is 0.0736. The molecule has 1 amide bonds. The molecule has 2 heterocycles. The number of hydrogen-bond acceptors (Lipinski definition) is 5. The minimum atomic E-state index is -0.494. The molecule has 0 radical (unpaired) electrons. The lowest BCUT2D eigenvalue weighted by molar-refractivity contribution is -0.385. The summed E-state index contributed by atoms with van der Waals surface area (Å²) in [6.07, 6.45) is 3.40. The van der Waals surface area contributed by atoms with Gasteiger partial charge in [-0.1, -0.05) is 6.07 Å². The van der Waals surface area contributed by atoms with E-state index in [9.17, 15) is 14.9 Å². The Kier molecular flexibility index (Phi) is 4.74. The van der Waals surface area contributed by atoms with Crippen LogP contribution in [0.2, 0.25) is 0 Å². The highest BCUT2D eigenvalue weighted by molar-refractivity contribution is 5.94. The number of carbonyl (C=O) groups is 1. The van der Waals surface area contributed by atoms with E-state index in [0.29, 0.717) is 11.3 Å². The molecule has 0 fully saturated rings. The Morgan fingerprint density at radius 2 is 1.96 bits per heavy atom. The molecule has 0 aliphatic rings. The van der Waals surface area contributed by atoms with Crippen molar-refractivity contribution < 1.29 is 9.72 Å². The number of hydrogen-bond donors (Lipinski definition) is 1. The van der Waals surface area contributed by atoms with Gasteiger partial charge in [0, 0.05) is 42.2 Å². The number of nitrogens with zero attached hydrogens (tertiary/aromatic N) is 4. The lowest BCUT2D eigenvalue weighted by Gasteiger charge is -2.04. The summed E-state index contributed by atoms with van der Waals surface area (Å²) in [4.78, 5) is 26.8. The van der Waals surface area contributed by atoms with Gasteiger partial charge in [0.2, 0.25) is 0 Å². The van der Waals surface area contributed by atoms with Crippen molar-refractivity contribution in [2.24, 2.45) is 7.05 Å². The largest absolute Gasteiger partial charge is 0.346 e. The fourth-order valence-corrected chi connectivity index (χ4v) is 2.63. The van der Waals surface area contributed by atoms with Crippen molar-refractivity contribution in [1.82, 2.24) is 20.1 Å². The second-order valence-electron chi connectivity index (χ2n) is 5.82. The second kappa shape index (κ2) is 7.14. The number of nitrogens with one attached hydrogen (secondary N) is 1. The number of pyridine rings is 1. The molecule has 0 aliphatic heterocycles. The SMILES string of the molecule is Cc1ccc(C(=O)NCc2cc(-c3ccncc3)n(C)n2)cc1[N+](=O)[O-]. The fraction of sp³-hybridized carbons (Fsp3) is 0.167. The molecule has 0 aliphatic carbocycles. The van der Waals surface area contributed by atoms with E-state index in [-0.39, 0.29) is 23.7 Å². The first kappa shape index (κ1) is 17.3. The van der Waals surface area contributed by atoms with E-state index in [1.165, 1.54) is 6.07 Å². The van der Waals surface area contributed by atoms with Crippen LogP contribution in [-0.4, -0.2) is 25.6 Å². The molecule has 0 saturated heterocycles. The van der Waals surface area contributed by atoms with Gasteiger partial charge < -0.3 is 5.32 Å². The average Bonchev–Trinajstić information content (AvgIpc) is 3.01. The molecule has 3 rings (SSSR count). The van der Waals surface area contributed by atoms with E-state index < -0.39 is 4.92 Å². The number of nitro groups is 1. The van der Waals surface area contributed by atoms with Crippen molar-refractivity contribution in [3.63, 3.8) is 0 Å². The van der Waals surface area contributed by atoms with Crippen LogP contribution in [0.1, 0.15) is 21.6 Å². The number of aromatic nitrogens is 3. The number of nitro benzene ring substituents is 1. The van der Waals surface area contributed by atoms with Gasteiger partial charge in [0.05, 0.1) is 22.9 Å². The maximum absolute atomic E-state index is 12.3. The smallest absolute Gasteiger partial charge is 0.273 e. The summed E-state index contributed by atoms with van der Waals surface area (Å²) in [5.41, 5.74) is 3.25. The maximum Gasteiger partial charge on any atom is 0.273 e. The van der Waals surface area contributed by atoms with Crippen molar-refractivity contribution >= 4 is 11.6 Å². The monoisotopic (exact) mass is 351 g/mol. The first-order valence-corrected chi connectivity index (χ1v) is 7.92. The summed E-state index contributed by atoms with van der Waals surface area (Å²) in [7, 11) is 1.82. The molecule has 8 nitrogen and oxygen atoms in total. The van der Waals surface area contributed by atoms with Crippen LogP contribution >= 0.6 is 0 Å². The molecule has 8 heteroatoms. The Balaban J connectivity index is 1.73. The van der Waals surface area contributed by atoms with Crippen molar-refractivity contribution in [2.45, 2.75) is 13.5 Å². The van der Waals surface area contributed by atoms with Crippen molar-refractivity contribution in [3.05, 3.63) is 75.7 Å². The zero-order chi connectivity index (χ0) is 18.7. The van der Waals surface area contributed by atoms with Gasteiger partial charge in [-0.05, 0) is 31.2 Å². The van der Waals surface area contributed by atoms with Gasteiger partial charge in [-0.2, -0.15) is 5.10 Å². The predicted molar refractivity (Wildman–Crippen MR) is 95.4 cm³/mol. The first-order chi connectivity index (χ1) is 12.5. The normalized spacial score (nSPS) is 10.5. The van der Waals surface area contributed by atoms with E-state index in [1.807, 2.05) is 25.2 Å². The highest BCUT2D eigenvalue weighted by atomic mass is 16.6. The van der Waals surface area contributed by atoms with E-state index in [2.05, 4.69) is 15.4 Å². The van der Waals surface area contributed by atoms with Crippen LogP contribution in [-0.2, 0) is 13.6 Å². The van der Waals surface area contributed by atoms with Gasteiger partial charge >= 0.3 is 0 Å². The van der Waals surface area contributed by atoms with Gasteiger partial charge in [0.25, 0.3) is 11.6 Å². The fourth-order valence-electron chi connectivity index (χ4n) is 2.63. The highest BCUT2D eigenvalue weighted by Crippen LogP contribution is 2.20. The van der Waals surface area contributed by atoms with Crippen LogP contribution in [0.3, 0.4) is 0 Å². The summed E-state index contributed by atoms with van der Waals surface area (Å²) in [5, 5.41) is 18.1. The van der Waals surface area contributed by atoms with E-state index in [1.54, 1.807) is 36.1 Å². The lowest BCUT2D eigenvalue weighted by Crippen LogP contribution is -2.23. The zero-order valence-electron chi connectivity index (χ0n) is 14.3. The van der Waals surface area contributed by atoms with Gasteiger partial charge in [-0.15, -0.1) is 0 Å². The molecule has 3 aromatic rings. The third kappa shape index (κ3) is 3.59. The Morgan fingerprint density at radius 1 is 1.23 bits per heavy atom. The van der Waals surface area contributed by atoms with Gasteiger partial charge in [-0.3, -0.25) is 24.6 Å². The lowest BCUT2D eigenvalue weighted by atomic mass is 10.1. The summed E-state index contributed by atoms with van der Waals surface area (Å²) >= 11 is 0. The number of carbonyl (C=O) groups excluding carboxylic acids is 1. The number of amides is 1. The van der Waals surface area contributed by atoms with Gasteiger partial charge in [0.15, 0.2) is 0 Å². The van der Waals surface area contributed by atoms with Crippen molar-refractivity contribution in [1.29, 1.82) is 0 Å². The number of rotatable bonds is 5. The van der Waals surface area contributed by atoms with E-state index in [4.69, 9.17) is 0 Å². The Hall–Kier alpha value is -3.55. The number of aryl methyl sites for hydroxylation is 2. The topological polar surface area (TPSA) is 103 Å². The van der Waals surface area contributed by atoms with Gasteiger partial charge in [0.1, 0.15) is 0 Å². The Morgan fingerprint density at radius 3 is 2.65 bits per heavy atom. The molecule has 0 spiro atoms. The Bertz CT molecular complexity index is 966.